The number of ether oxygens (including phenoxy) is 2. The monoisotopic (exact) mass is 448 g/mol. The number of primary amides is 1. The van der Waals surface area contributed by atoms with Gasteiger partial charge in [0.25, 0.3) is 11.8 Å². The summed E-state index contributed by atoms with van der Waals surface area (Å²) in [5.74, 6) is -0.141. The Morgan fingerprint density at radius 3 is 2.19 bits per heavy atom. The second-order valence-corrected chi connectivity index (χ2v) is 8.22. The maximum absolute atomic E-state index is 12.2. The van der Waals surface area contributed by atoms with Gasteiger partial charge in [0.2, 0.25) is 10.0 Å². The highest BCUT2D eigenvalue weighted by Gasteiger charge is 2.20. The molecular formula is C20H24N4O6S. The molecule has 0 fully saturated rings. The van der Waals surface area contributed by atoms with Crippen molar-refractivity contribution in [3.05, 3.63) is 54.1 Å². The van der Waals surface area contributed by atoms with Gasteiger partial charge in [-0.2, -0.15) is 5.10 Å². The maximum atomic E-state index is 12.2. The molecule has 0 aliphatic rings. The van der Waals surface area contributed by atoms with Crippen molar-refractivity contribution in [3.8, 4) is 11.5 Å². The van der Waals surface area contributed by atoms with Crippen LogP contribution in [0.2, 0.25) is 0 Å². The average molecular weight is 449 g/mol. The third-order valence-electron chi connectivity index (χ3n) is 3.79. The first kappa shape index (κ1) is 23.7. The largest absolute Gasteiger partial charge is 0.494 e. The molecule has 0 radical (unpaired) electrons. The SMILES string of the molecule is CCOc1ccc(N(CC(=O)N/N=C/c2ccc(OCC(N)=O)cc2)S(C)(=O)=O)cc1. The Labute approximate surface area is 180 Å². The number of hydrogen-bond donors (Lipinski definition) is 2. The summed E-state index contributed by atoms with van der Waals surface area (Å²) in [4.78, 5) is 22.9. The molecule has 0 aliphatic heterocycles. The van der Waals surface area contributed by atoms with Crippen LogP contribution in [0.1, 0.15) is 12.5 Å². The summed E-state index contributed by atoms with van der Waals surface area (Å²) in [5, 5.41) is 3.83. The Kier molecular flexibility index (Phi) is 8.38. The Bertz CT molecular complexity index is 1020. The molecule has 31 heavy (non-hydrogen) atoms. The molecule has 0 spiro atoms. The number of carbonyl (C=O) groups excluding carboxylic acids is 2. The van der Waals surface area contributed by atoms with Crippen molar-refractivity contribution in [2.45, 2.75) is 6.92 Å². The molecule has 11 heteroatoms. The summed E-state index contributed by atoms with van der Waals surface area (Å²) < 4.78 is 35.7. The molecule has 166 valence electrons. The summed E-state index contributed by atoms with van der Waals surface area (Å²) >= 11 is 0. The van der Waals surface area contributed by atoms with Crippen LogP contribution in [0.4, 0.5) is 5.69 Å². The molecule has 2 amide bonds. The molecule has 0 atom stereocenters. The van der Waals surface area contributed by atoms with E-state index in [-0.39, 0.29) is 6.61 Å². The van der Waals surface area contributed by atoms with E-state index in [2.05, 4.69) is 10.5 Å². The molecule has 0 saturated carbocycles. The molecule has 2 aromatic rings. The van der Waals surface area contributed by atoms with Crippen LogP contribution in [0.15, 0.2) is 53.6 Å². The smallest absolute Gasteiger partial charge is 0.260 e. The van der Waals surface area contributed by atoms with Crippen molar-refractivity contribution in [2.24, 2.45) is 10.8 Å². The van der Waals surface area contributed by atoms with Gasteiger partial charge in [0.1, 0.15) is 18.0 Å². The fraction of sp³-hybridized carbons (Fsp3) is 0.250. The summed E-state index contributed by atoms with van der Waals surface area (Å²) in [6.45, 7) is 1.66. The molecule has 0 aromatic heterocycles. The highest BCUT2D eigenvalue weighted by atomic mass is 32.2. The molecule has 0 heterocycles. The zero-order valence-electron chi connectivity index (χ0n) is 17.1. The van der Waals surface area contributed by atoms with Gasteiger partial charge in [0, 0.05) is 0 Å². The first-order valence-electron chi connectivity index (χ1n) is 9.22. The number of anilines is 1. The van der Waals surface area contributed by atoms with Crippen molar-refractivity contribution in [3.63, 3.8) is 0 Å². The molecule has 0 unspecified atom stereocenters. The average Bonchev–Trinajstić information content (AvgIpc) is 2.71. The second-order valence-electron chi connectivity index (χ2n) is 6.31. The van der Waals surface area contributed by atoms with Crippen LogP contribution in [0.3, 0.4) is 0 Å². The van der Waals surface area contributed by atoms with Crippen molar-refractivity contribution in [1.29, 1.82) is 0 Å². The van der Waals surface area contributed by atoms with E-state index in [1.165, 1.54) is 6.21 Å². The topological polar surface area (TPSA) is 140 Å². The molecule has 3 N–H and O–H groups in total. The number of hydrazone groups is 1. The second kappa shape index (κ2) is 11.0. The van der Waals surface area contributed by atoms with Crippen LogP contribution in [0.5, 0.6) is 11.5 Å². The van der Waals surface area contributed by atoms with Gasteiger partial charge < -0.3 is 15.2 Å². The van der Waals surface area contributed by atoms with Gasteiger partial charge in [0.15, 0.2) is 6.61 Å². The van der Waals surface area contributed by atoms with Crippen LogP contribution >= 0.6 is 0 Å². The molecular weight excluding hydrogens is 424 g/mol. The van der Waals surface area contributed by atoms with E-state index < -0.39 is 28.4 Å². The van der Waals surface area contributed by atoms with E-state index >= 15 is 0 Å². The first-order chi connectivity index (χ1) is 14.7. The van der Waals surface area contributed by atoms with Crippen LogP contribution < -0.4 is 24.9 Å². The van der Waals surface area contributed by atoms with E-state index in [4.69, 9.17) is 15.2 Å². The van der Waals surface area contributed by atoms with Crippen LogP contribution in [0.25, 0.3) is 0 Å². The molecule has 0 saturated heterocycles. The van der Waals surface area contributed by atoms with Gasteiger partial charge in [-0.3, -0.25) is 13.9 Å². The first-order valence-corrected chi connectivity index (χ1v) is 11.1. The molecule has 2 rings (SSSR count). The molecule has 10 nitrogen and oxygen atoms in total. The van der Waals surface area contributed by atoms with Crippen LogP contribution in [0, 0.1) is 0 Å². The highest BCUT2D eigenvalue weighted by molar-refractivity contribution is 7.92. The number of nitrogens with two attached hydrogens (primary N) is 1. The maximum Gasteiger partial charge on any atom is 0.260 e. The summed E-state index contributed by atoms with van der Waals surface area (Å²) in [7, 11) is -3.70. The number of benzene rings is 2. The molecule has 0 bridgehead atoms. The summed E-state index contributed by atoms with van der Waals surface area (Å²) in [6, 6.07) is 12.9. The number of carbonyl (C=O) groups is 2. The quantitative estimate of drug-likeness (QED) is 0.386. The number of hydrogen-bond acceptors (Lipinski definition) is 7. The van der Waals surface area contributed by atoms with Crippen molar-refractivity contribution >= 4 is 33.7 Å². The lowest BCUT2D eigenvalue weighted by Crippen LogP contribution is -2.39. The lowest BCUT2D eigenvalue weighted by atomic mass is 10.2. The summed E-state index contributed by atoms with van der Waals surface area (Å²) in [5.41, 5.74) is 8.29. The lowest BCUT2D eigenvalue weighted by Gasteiger charge is -2.21. The van der Waals surface area contributed by atoms with E-state index in [0.717, 1.165) is 10.6 Å². The van der Waals surface area contributed by atoms with Crippen LogP contribution in [-0.2, 0) is 19.6 Å². The van der Waals surface area contributed by atoms with Gasteiger partial charge >= 0.3 is 0 Å². The number of rotatable bonds is 11. The van der Waals surface area contributed by atoms with Gasteiger partial charge in [0.05, 0.1) is 24.8 Å². The predicted octanol–water partition coefficient (Wildman–Crippen LogP) is 0.866. The number of sulfonamides is 1. The van der Waals surface area contributed by atoms with E-state index in [1.807, 2.05) is 6.92 Å². The zero-order chi connectivity index (χ0) is 22.9. The third-order valence-corrected chi connectivity index (χ3v) is 4.93. The third kappa shape index (κ3) is 7.97. The molecule has 0 aliphatic carbocycles. The van der Waals surface area contributed by atoms with E-state index in [1.54, 1.807) is 48.5 Å². The zero-order valence-corrected chi connectivity index (χ0v) is 18.0. The van der Waals surface area contributed by atoms with Gasteiger partial charge in [-0.1, -0.05) is 0 Å². The fourth-order valence-electron chi connectivity index (χ4n) is 2.42. The van der Waals surface area contributed by atoms with Gasteiger partial charge in [-0.05, 0) is 61.0 Å². The van der Waals surface area contributed by atoms with Crippen molar-refractivity contribution in [2.75, 3.05) is 30.3 Å². The van der Waals surface area contributed by atoms with Gasteiger partial charge in [-0.15, -0.1) is 0 Å². The number of nitrogens with one attached hydrogen (secondary N) is 1. The summed E-state index contributed by atoms with van der Waals surface area (Å²) in [6.07, 6.45) is 2.40. The van der Waals surface area contributed by atoms with Crippen molar-refractivity contribution in [1.82, 2.24) is 5.43 Å². The van der Waals surface area contributed by atoms with Crippen LogP contribution in [-0.4, -0.2) is 52.5 Å². The standard InChI is InChI=1S/C20H24N4O6S/c1-3-29-17-10-6-16(7-11-17)24(31(2,27)28)13-20(26)23-22-12-15-4-8-18(9-5-15)30-14-19(21)25/h4-12H,3,13-14H2,1-2H3,(H2,21,25)(H,23,26)/b22-12+. The van der Waals surface area contributed by atoms with E-state index in [0.29, 0.717) is 29.4 Å². The Hall–Kier alpha value is -3.60. The Morgan fingerprint density at radius 1 is 1.06 bits per heavy atom. The van der Waals surface area contributed by atoms with Crippen molar-refractivity contribution < 1.29 is 27.5 Å². The number of amides is 2. The number of nitrogens with zero attached hydrogens (tertiary/aromatic N) is 2. The Balaban J connectivity index is 1.97. The predicted molar refractivity (Wildman–Crippen MR) is 117 cm³/mol. The normalized spacial score (nSPS) is 11.2. The minimum Gasteiger partial charge on any atom is -0.494 e. The minimum absolute atomic E-state index is 0.227. The lowest BCUT2D eigenvalue weighted by molar-refractivity contribution is -0.120. The highest BCUT2D eigenvalue weighted by Crippen LogP contribution is 2.21. The van der Waals surface area contributed by atoms with Gasteiger partial charge in [-0.25, -0.2) is 13.8 Å². The Morgan fingerprint density at radius 2 is 1.65 bits per heavy atom. The minimum atomic E-state index is -3.70. The van der Waals surface area contributed by atoms with E-state index in [9.17, 15) is 18.0 Å². The molecule has 2 aromatic carbocycles. The fourth-order valence-corrected chi connectivity index (χ4v) is 3.28.